The molecule has 4 nitrogen and oxygen atoms in total. The first-order chi connectivity index (χ1) is 13.2. The first kappa shape index (κ1) is 17.8. The number of aromatic nitrogens is 1. The van der Waals surface area contributed by atoms with Crippen LogP contribution in [0.15, 0.2) is 53.2 Å². The second kappa shape index (κ2) is 7.55. The highest BCUT2D eigenvalue weighted by Crippen LogP contribution is 2.34. The van der Waals surface area contributed by atoms with Gasteiger partial charge in [-0.2, -0.15) is 11.3 Å². The van der Waals surface area contributed by atoms with Crippen LogP contribution < -0.4 is 5.32 Å². The maximum Gasteiger partial charge on any atom is 0.139 e. The summed E-state index contributed by atoms with van der Waals surface area (Å²) in [7, 11) is 0. The predicted octanol–water partition coefficient (Wildman–Crippen LogP) is 5.74. The van der Waals surface area contributed by atoms with Crippen molar-refractivity contribution in [3.63, 3.8) is 0 Å². The Morgan fingerprint density at radius 2 is 1.78 bits per heavy atom. The van der Waals surface area contributed by atoms with Crippen LogP contribution in [0.5, 0.6) is 5.75 Å². The Kier molecular flexibility index (Phi) is 4.97. The van der Waals surface area contributed by atoms with Crippen LogP contribution in [-0.4, -0.2) is 28.1 Å². The lowest BCUT2D eigenvalue weighted by molar-refractivity contribution is 0.291. The zero-order valence-corrected chi connectivity index (χ0v) is 16.4. The van der Waals surface area contributed by atoms with Crippen molar-refractivity contribution in [1.29, 1.82) is 0 Å². The van der Waals surface area contributed by atoms with Crippen LogP contribution in [0.2, 0.25) is 0 Å². The van der Waals surface area contributed by atoms with Gasteiger partial charge in [0.25, 0.3) is 0 Å². The summed E-state index contributed by atoms with van der Waals surface area (Å²) in [5.74, 6) is 1.13. The van der Waals surface area contributed by atoms with Crippen LogP contribution in [0.3, 0.4) is 0 Å². The molecule has 4 aromatic rings. The Hall–Kier alpha value is -2.63. The van der Waals surface area contributed by atoms with Crippen molar-refractivity contribution < 1.29 is 5.11 Å². The summed E-state index contributed by atoms with van der Waals surface area (Å²) in [5.41, 5.74) is 2.75. The number of para-hydroxylation sites is 1. The molecular formula is C22H23N3OS. The van der Waals surface area contributed by atoms with Gasteiger partial charge < -0.3 is 10.4 Å². The summed E-state index contributed by atoms with van der Waals surface area (Å²) < 4.78 is 0. The Morgan fingerprint density at radius 1 is 1.00 bits per heavy atom. The average Bonchev–Trinajstić information content (AvgIpc) is 3.18. The van der Waals surface area contributed by atoms with E-state index in [1.165, 1.54) is 5.39 Å². The van der Waals surface area contributed by atoms with E-state index in [-0.39, 0.29) is 0 Å². The van der Waals surface area contributed by atoms with Gasteiger partial charge in [0.1, 0.15) is 11.6 Å². The van der Waals surface area contributed by atoms with Gasteiger partial charge in [-0.1, -0.05) is 38.1 Å². The molecule has 0 saturated carbocycles. The molecule has 0 aliphatic carbocycles. The van der Waals surface area contributed by atoms with Crippen molar-refractivity contribution in [1.82, 2.24) is 9.88 Å². The minimum Gasteiger partial charge on any atom is -0.508 e. The normalized spacial score (nSPS) is 11.5. The number of hydrogen-bond donors (Lipinski definition) is 2. The topological polar surface area (TPSA) is 48.4 Å². The fourth-order valence-electron chi connectivity index (χ4n) is 3.36. The minimum atomic E-state index is 0.314. The van der Waals surface area contributed by atoms with Crippen molar-refractivity contribution >= 4 is 44.5 Å². The molecule has 2 aromatic heterocycles. The van der Waals surface area contributed by atoms with E-state index >= 15 is 0 Å². The molecule has 0 amide bonds. The third kappa shape index (κ3) is 3.48. The van der Waals surface area contributed by atoms with E-state index in [0.29, 0.717) is 5.75 Å². The third-order valence-electron chi connectivity index (χ3n) is 4.98. The number of pyridine rings is 1. The fourth-order valence-corrected chi connectivity index (χ4v) is 4.20. The van der Waals surface area contributed by atoms with E-state index in [2.05, 4.69) is 40.9 Å². The van der Waals surface area contributed by atoms with Crippen molar-refractivity contribution in [2.24, 2.45) is 0 Å². The SMILES string of the molecule is CCN(CC)Cc1ccc(Nc2nc3ccccc3c3cscc23)cc1O. The Morgan fingerprint density at radius 3 is 2.56 bits per heavy atom. The molecule has 0 spiro atoms. The molecule has 0 fully saturated rings. The number of nitrogens with one attached hydrogen (secondary N) is 1. The highest BCUT2D eigenvalue weighted by molar-refractivity contribution is 7.09. The zero-order chi connectivity index (χ0) is 18.8. The van der Waals surface area contributed by atoms with Crippen molar-refractivity contribution in [2.45, 2.75) is 20.4 Å². The summed E-state index contributed by atoms with van der Waals surface area (Å²) in [5, 5.41) is 21.6. The highest BCUT2D eigenvalue weighted by atomic mass is 32.1. The molecular weight excluding hydrogens is 354 g/mol. The van der Waals surface area contributed by atoms with Crippen LogP contribution in [0, 0.1) is 0 Å². The number of nitrogens with zero attached hydrogens (tertiary/aromatic N) is 2. The van der Waals surface area contributed by atoms with Crippen LogP contribution in [0.25, 0.3) is 21.7 Å². The van der Waals surface area contributed by atoms with Gasteiger partial charge >= 0.3 is 0 Å². The number of benzene rings is 2. The molecule has 0 radical (unpaired) electrons. The van der Waals surface area contributed by atoms with Gasteiger partial charge in [-0.15, -0.1) is 0 Å². The molecule has 0 bridgehead atoms. The van der Waals surface area contributed by atoms with Crippen LogP contribution in [0.1, 0.15) is 19.4 Å². The maximum atomic E-state index is 10.5. The second-order valence-electron chi connectivity index (χ2n) is 6.61. The molecule has 138 valence electrons. The highest BCUT2D eigenvalue weighted by Gasteiger charge is 2.11. The smallest absolute Gasteiger partial charge is 0.139 e. The monoisotopic (exact) mass is 377 g/mol. The molecule has 5 heteroatoms. The molecule has 4 rings (SSSR count). The van der Waals surface area contributed by atoms with Gasteiger partial charge in [-0.05, 0) is 30.6 Å². The standard InChI is InChI=1S/C22H23N3OS/c1-3-25(4-2)12-15-9-10-16(11-21(15)26)23-22-19-14-27-13-18(19)17-7-5-6-8-20(17)24-22/h5-11,13-14,26H,3-4,12H2,1-2H3,(H,23,24). The summed E-state index contributed by atoms with van der Waals surface area (Å²) >= 11 is 1.67. The lowest BCUT2D eigenvalue weighted by atomic mass is 10.1. The van der Waals surface area contributed by atoms with Gasteiger partial charge in [0.05, 0.1) is 5.52 Å². The molecule has 2 heterocycles. The maximum absolute atomic E-state index is 10.5. The Balaban J connectivity index is 1.67. The summed E-state index contributed by atoms with van der Waals surface area (Å²) in [6, 6.07) is 14.0. The van der Waals surface area contributed by atoms with E-state index in [9.17, 15) is 5.11 Å². The molecule has 0 aliphatic rings. The van der Waals surface area contributed by atoms with Gasteiger partial charge in [0.15, 0.2) is 0 Å². The van der Waals surface area contributed by atoms with E-state index in [4.69, 9.17) is 4.98 Å². The molecule has 0 unspecified atom stereocenters. The quantitative estimate of drug-likeness (QED) is 0.450. The Labute approximate surface area is 163 Å². The van der Waals surface area contributed by atoms with Crippen LogP contribution in [0.4, 0.5) is 11.5 Å². The zero-order valence-electron chi connectivity index (χ0n) is 15.6. The molecule has 27 heavy (non-hydrogen) atoms. The average molecular weight is 378 g/mol. The first-order valence-corrected chi connectivity index (χ1v) is 10.2. The number of thiophene rings is 1. The van der Waals surface area contributed by atoms with E-state index < -0.39 is 0 Å². The predicted molar refractivity (Wildman–Crippen MR) is 115 cm³/mol. The molecule has 2 N–H and O–H groups in total. The minimum absolute atomic E-state index is 0.314. The number of fused-ring (bicyclic) bond motifs is 3. The summed E-state index contributed by atoms with van der Waals surface area (Å²) in [6.07, 6.45) is 0. The molecule has 0 atom stereocenters. The lowest BCUT2D eigenvalue weighted by Gasteiger charge is -2.19. The molecule has 0 saturated heterocycles. The van der Waals surface area contributed by atoms with Gasteiger partial charge in [0.2, 0.25) is 0 Å². The molecule has 2 aromatic carbocycles. The van der Waals surface area contributed by atoms with E-state index in [1.807, 2.05) is 30.3 Å². The number of rotatable bonds is 6. The van der Waals surface area contributed by atoms with Crippen molar-refractivity contribution in [3.8, 4) is 5.75 Å². The Bertz CT molecular complexity index is 1090. The van der Waals surface area contributed by atoms with Gasteiger partial charge in [-0.25, -0.2) is 4.98 Å². The lowest BCUT2D eigenvalue weighted by Crippen LogP contribution is -2.22. The van der Waals surface area contributed by atoms with E-state index in [1.54, 1.807) is 17.4 Å². The number of aromatic hydroxyl groups is 1. The summed E-state index contributed by atoms with van der Waals surface area (Å²) in [6.45, 7) is 6.95. The van der Waals surface area contributed by atoms with E-state index in [0.717, 1.165) is 53.0 Å². The molecule has 0 aliphatic heterocycles. The van der Waals surface area contributed by atoms with Gasteiger partial charge in [-0.3, -0.25) is 4.90 Å². The number of hydrogen-bond acceptors (Lipinski definition) is 5. The van der Waals surface area contributed by atoms with Crippen molar-refractivity contribution in [3.05, 3.63) is 58.8 Å². The van der Waals surface area contributed by atoms with Crippen LogP contribution in [-0.2, 0) is 6.54 Å². The van der Waals surface area contributed by atoms with Gasteiger partial charge in [0, 0.05) is 45.4 Å². The number of phenols is 1. The number of anilines is 2. The summed E-state index contributed by atoms with van der Waals surface area (Å²) in [4.78, 5) is 7.08. The second-order valence-corrected chi connectivity index (χ2v) is 7.35. The number of phenolic OH excluding ortho intramolecular Hbond substituents is 1. The van der Waals surface area contributed by atoms with Crippen LogP contribution >= 0.6 is 11.3 Å². The largest absolute Gasteiger partial charge is 0.508 e. The first-order valence-electron chi connectivity index (χ1n) is 9.25. The van der Waals surface area contributed by atoms with Crippen molar-refractivity contribution in [2.75, 3.05) is 18.4 Å². The third-order valence-corrected chi connectivity index (χ3v) is 5.72. The fraction of sp³-hybridized carbons (Fsp3) is 0.227.